The van der Waals surface area contributed by atoms with Gasteiger partial charge in [-0.2, -0.15) is 0 Å². The molecule has 0 aromatic heterocycles. The largest absolute Gasteiger partial charge is 0.494 e. The molecule has 0 aliphatic carbocycles. The second-order valence-corrected chi connectivity index (χ2v) is 7.97. The minimum atomic E-state index is -0.733. The average Bonchev–Trinajstić information content (AvgIpc) is 3.09. The van der Waals surface area contributed by atoms with Crippen molar-refractivity contribution in [3.8, 4) is 5.75 Å². The van der Waals surface area contributed by atoms with Crippen LogP contribution < -0.4 is 15.0 Å². The Kier molecular flexibility index (Phi) is 8.19. The first-order chi connectivity index (χ1) is 15.8. The van der Waals surface area contributed by atoms with Gasteiger partial charge in [0.15, 0.2) is 0 Å². The minimum absolute atomic E-state index is 0.00646. The molecule has 0 radical (unpaired) electrons. The topological polar surface area (TPSA) is 88.2 Å². The zero-order chi connectivity index (χ0) is 24.0. The highest BCUT2D eigenvalue weighted by Gasteiger charge is 2.43. The molecule has 3 amide bonds. The fraction of sp³-hybridized carbons (Fsp3) is 0.400. The number of methoxy groups -OCH3 is 1. The molecule has 1 fully saturated rings. The number of hydrogen-bond acceptors (Lipinski definition) is 6. The number of benzene rings is 2. The van der Waals surface area contributed by atoms with Gasteiger partial charge in [-0.25, -0.2) is 4.90 Å². The minimum Gasteiger partial charge on any atom is -0.494 e. The molecule has 1 atom stereocenters. The van der Waals surface area contributed by atoms with Crippen LogP contribution >= 0.6 is 0 Å². The number of hydrogen-bond donors (Lipinski definition) is 1. The highest BCUT2D eigenvalue weighted by Crippen LogP contribution is 2.27. The van der Waals surface area contributed by atoms with Gasteiger partial charge in [0.05, 0.1) is 37.9 Å². The van der Waals surface area contributed by atoms with E-state index in [-0.39, 0.29) is 30.7 Å². The summed E-state index contributed by atoms with van der Waals surface area (Å²) in [5.74, 6) is -0.229. The Morgan fingerprint density at radius 1 is 1.15 bits per heavy atom. The predicted octanol–water partition coefficient (Wildman–Crippen LogP) is 2.92. The van der Waals surface area contributed by atoms with Crippen LogP contribution in [0.5, 0.6) is 5.75 Å². The van der Waals surface area contributed by atoms with Crippen molar-refractivity contribution in [2.75, 3.05) is 43.6 Å². The molecule has 0 unspecified atom stereocenters. The van der Waals surface area contributed by atoms with E-state index in [0.29, 0.717) is 31.2 Å². The van der Waals surface area contributed by atoms with E-state index < -0.39 is 6.04 Å². The number of aryl methyl sites for hydroxylation is 1. The Labute approximate surface area is 194 Å². The summed E-state index contributed by atoms with van der Waals surface area (Å²) in [4.78, 5) is 41.7. The van der Waals surface area contributed by atoms with Gasteiger partial charge in [0.1, 0.15) is 5.75 Å². The van der Waals surface area contributed by atoms with Crippen LogP contribution in [-0.2, 0) is 19.1 Å². The van der Waals surface area contributed by atoms with Crippen LogP contribution in [0.1, 0.15) is 24.5 Å². The molecular formula is C25H31N3O5. The number of amides is 3. The number of nitrogens with zero attached hydrogens (tertiary/aromatic N) is 2. The van der Waals surface area contributed by atoms with Gasteiger partial charge in [0.25, 0.3) is 5.91 Å². The summed E-state index contributed by atoms with van der Waals surface area (Å²) in [5, 5.41) is 2.92. The Morgan fingerprint density at radius 2 is 1.88 bits per heavy atom. The van der Waals surface area contributed by atoms with Crippen LogP contribution in [-0.4, -0.2) is 62.1 Å². The highest BCUT2D eigenvalue weighted by molar-refractivity contribution is 6.22. The van der Waals surface area contributed by atoms with Crippen molar-refractivity contribution >= 4 is 29.1 Å². The molecular weight excluding hydrogens is 422 g/mol. The summed E-state index contributed by atoms with van der Waals surface area (Å²) < 4.78 is 10.6. The fourth-order valence-corrected chi connectivity index (χ4v) is 3.84. The van der Waals surface area contributed by atoms with Gasteiger partial charge < -0.3 is 14.8 Å². The normalized spacial score (nSPS) is 15.9. The van der Waals surface area contributed by atoms with Gasteiger partial charge in [0.2, 0.25) is 11.8 Å². The molecule has 0 spiro atoms. The second-order valence-electron chi connectivity index (χ2n) is 7.97. The van der Waals surface area contributed by atoms with Crippen LogP contribution in [0.3, 0.4) is 0 Å². The molecule has 1 aliphatic heterocycles. The molecule has 2 aromatic rings. The number of anilines is 2. The standard InChI is InChI=1S/C25H31N3O5/c1-5-33-20-11-9-19(10-12-20)28-24(30)15-22(25(28)31)27(13-14-32-4)16-23(29)26-21-8-6-7-17(2)18(21)3/h6-12,22H,5,13-16H2,1-4H3,(H,26,29)/t22-/m0/s1. The van der Waals surface area contributed by atoms with Crippen LogP contribution in [0, 0.1) is 13.8 Å². The monoisotopic (exact) mass is 453 g/mol. The van der Waals surface area contributed by atoms with Crippen LogP contribution in [0.25, 0.3) is 0 Å². The number of rotatable bonds is 10. The Morgan fingerprint density at radius 3 is 2.55 bits per heavy atom. The van der Waals surface area contributed by atoms with E-state index >= 15 is 0 Å². The SMILES string of the molecule is CCOc1ccc(N2C(=O)C[C@H](N(CCOC)CC(=O)Nc3cccc(C)c3C)C2=O)cc1. The lowest BCUT2D eigenvalue weighted by atomic mass is 10.1. The summed E-state index contributed by atoms with van der Waals surface area (Å²) in [6.07, 6.45) is 0.00646. The first-order valence-corrected chi connectivity index (χ1v) is 11.0. The average molecular weight is 454 g/mol. The molecule has 8 nitrogen and oxygen atoms in total. The van der Waals surface area contributed by atoms with E-state index in [4.69, 9.17) is 9.47 Å². The fourth-order valence-electron chi connectivity index (χ4n) is 3.84. The lowest BCUT2D eigenvalue weighted by molar-refractivity contribution is -0.124. The Hall–Kier alpha value is -3.23. The predicted molar refractivity (Wildman–Crippen MR) is 127 cm³/mol. The van der Waals surface area contributed by atoms with E-state index in [1.807, 2.05) is 39.0 Å². The van der Waals surface area contributed by atoms with Crippen molar-refractivity contribution in [2.45, 2.75) is 33.2 Å². The maximum absolute atomic E-state index is 13.2. The van der Waals surface area contributed by atoms with Crippen LogP contribution in [0.2, 0.25) is 0 Å². The molecule has 0 bridgehead atoms. The van der Waals surface area contributed by atoms with Gasteiger partial charge in [-0.3, -0.25) is 19.3 Å². The summed E-state index contributed by atoms with van der Waals surface area (Å²) in [7, 11) is 1.56. The number of carbonyl (C=O) groups excluding carboxylic acids is 3. The van der Waals surface area contributed by atoms with E-state index in [2.05, 4.69) is 5.32 Å². The molecule has 1 N–H and O–H groups in total. The van der Waals surface area contributed by atoms with Crippen molar-refractivity contribution in [3.63, 3.8) is 0 Å². The smallest absolute Gasteiger partial charge is 0.251 e. The van der Waals surface area contributed by atoms with E-state index in [1.165, 1.54) is 4.90 Å². The molecule has 33 heavy (non-hydrogen) atoms. The third-order valence-corrected chi connectivity index (χ3v) is 5.78. The summed E-state index contributed by atoms with van der Waals surface area (Å²) >= 11 is 0. The first kappa shape index (κ1) is 24.4. The Balaban J connectivity index is 1.74. The quantitative estimate of drug-likeness (QED) is 0.557. The second kappa shape index (κ2) is 11.1. The lowest BCUT2D eigenvalue weighted by Crippen LogP contribution is -2.47. The molecule has 2 aromatic carbocycles. The van der Waals surface area contributed by atoms with Gasteiger partial charge >= 0.3 is 0 Å². The van der Waals surface area contributed by atoms with Crippen molar-refractivity contribution in [3.05, 3.63) is 53.6 Å². The molecule has 1 aliphatic rings. The maximum Gasteiger partial charge on any atom is 0.251 e. The van der Waals surface area contributed by atoms with E-state index in [1.54, 1.807) is 36.3 Å². The summed E-state index contributed by atoms with van der Waals surface area (Å²) in [5.41, 5.74) is 3.29. The molecule has 3 rings (SSSR count). The van der Waals surface area contributed by atoms with Crippen molar-refractivity contribution < 1.29 is 23.9 Å². The van der Waals surface area contributed by atoms with Crippen molar-refractivity contribution in [2.24, 2.45) is 0 Å². The highest BCUT2D eigenvalue weighted by atomic mass is 16.5. The Bertz CT molecular complexity index is 1010. The van der Waals surface area contributed by atoms with E-state index in [0.717, 1.165) is 16.8 Å². The van der Waals surface area contributed by atoms with Crippen molar-refractivity contribution in [1.82, 2.24) is 4.90 Å². The van der Waals surface area contributed by atoms with Gasteiger partial charge in [-0.15, -0.1) is 0 Å². The first-order valence-electron chi connectivity index (χ1n) is 11.0. The third kappa shape index (κ3) is 5.77. The van der Waals surface area contributed by atoms with Crippen molar-refractivity contribution in [1.29, 1.82) is 0 Å². The van der Waals surface area contributed by atoms with Crippen LogP contribution in [0.4, 0.5) is 11.4 Å². The zero-order valence-corrected chi connectivity index (χ0v) is 19.6. The van der Waals surface area contributed by atoms with Gasteiger partial charge in [-0.1, -0.05) is 12.1 Å². The van der Waals surface area contributed by atoms with Crippen LogP contribution in [0.15, 0.2) is 42.5 Å². The molecule has 1 saturated heterocycles. The lowest BCUT2D eigenvalue weighted by Gasteiger charge is -2.26. The van der Waals surface area contributed by atoms with Gasteiger partial charge in [-0.05, 0) is 62.2 Å². The summed E-state index contributed by atoms with van der Waals surface area (Å²) in [6, 6.07) is 11.8. The van der Waals surface area contributed by atoms with Gasteiger partial charge in [0, 0.05) is 19.3 Å². The number of ether oxygens (including phenoxy) is 2. The molecule has 0 saturated carbocycles. The number of nitrogens with one attached hydrogen (secondary N) is 1. The zero-order valence-electron chi connectivity index (χ0n) is 19.6. The number of carbonyl (C=O) groups is 3. The molecule has 1 heterocycles. The van der Waals surface area contributed by atoms with E-state index in [9.17, 15) is 14.4 Å². The maximum atomic E-state index is 13.2. The number of imide groups is 1. The molecule has 8 heteroatoms. The summed E-state index contributed by atoms with van der Waals surface area (Å²) in [6.45, 7) is 6.99. The third-order valence-electron chi connectivity index (χ3n) is 5.78. The molecule has 176 valence electrons.